The molecule has 1 fully saturated rings. The van der Waals surface area contributed by atoms with Crippen LogP contribution in [0.4, 0.5) is 0 Å². The third kappa shape index (κ3) is 5.89. The number of aliphatic hydroxyl groups excluding tert-OH is 1. The van der Waals surface area contributed by atoms with Crippen molar-refractivity contribution in [2.24, 2.45) is 0 Å². The smallest absolute Gasteiger partial charge is 0.309 e. The van der Waals surface area contributed by atoms with Crippen LogP contribution in [0.1, 0.15) is 18.4 Å². The van der Waals surface area contributed by atoms with Crippen molar-refractivity contribution in [3.63, 3.8) is 0 Å². The lowest BCUT2D eigenvalue weighted by Crippen LogP contribution is -2.53. The van der Waals surface area contributed by atoms with E-state index in [2.05, 4.69) is 10.6 Å². The number of amides is 2. The fourth-order valence-electron chi connectivity index (χ4n) is 2.87. The molecule has 10 nitrogen and oxygen atoms in total. The molecule has 29 heavy (non-hydrogen) atoms. The number of aliphatic hydroxyl groups is 1. The van der Waals surface area contributed by atoms with E-state index in [0.29, 0.717) is 30.8 Å². The predicted octanol–water partition coefficient (Wildman–Crippen LogP) is -0.644. The first-order valence-corrected chi connectivity index (χ1v) is 10.7. The van der Waals surface area contributed by atoms with Gasteiger partial charge in [0, 0.05) is 19.7 Å². The first-order chi connectivity index (χ1) is 13.8. The molecule has 2 amide bonds. The molecule has 162 valence electrons. The van der Waals surface area contributed by atoms with Crippen LogP contribution in [-0.4, -0.2) is 75.8 Å². The van der Waals surface area contributed by atoms with Gasteiger partial charge in [-0.3, -0.25) is 9.59 Å². The third-order valence-electron chi connectivity index (χ3n) is 4.39. The van der Waals surface area contributed by atoms with Crippen molar-refractivity contribution in [1.29, 1.82) is 0 Å². The number of ether oxygens (including phenoxy) is 2. The van der Waals surface area contributed by atoms with E-state index in [9.17, 15) is 18.0 Å². The maximum atomic E-state index is 13.1. The summed E-state index contributed by atoms with van der Waals surface area (Å²) in [5.74, 6) is -1.17. The molecule has 1 saturated heterocycles. The number of aryl methyl sites for hydroxylation is 1. The van der Waals surface area contributed by atoms with E-state index < -0.39 is 28.1 Å². The van der Waals surface area contributed by atoms with Crippen LogP contribution in [0.2, 0.25) is 0 Å². The summed E-state index contributed by atoms with van der Waals surface area (Å²) in [6, 6.07) is 4.56. The van der Waals surface area contributed by atoms with Crippen molar-refractivity contribution in [1.82, 2.24) is 14.9 Å². The van der Waals surface area contributed by atoms with Crippen molar-refractivity contribution in [3.8, 4) is 5.75 Å². The SMILES string of the molecule is COc1ccc(S(=O)(=O)N2CCCO[C@H]2CNC(=O)C(=O)NCCCO)cc1C. The van der Waals surface area contributed by atoms with E-state index in [0.717, 1.165) is 0 Å². The van der Waals surface area contributed by atoms with E-state index >= 15 is 0 Å². The van der Waals surface area contributed by atoms with Crippen LogP contribution in [0.3, 0.4) is 0 Å². The molecule has 1 atom stereocenters. The lowest BCUT2D eigenvalue weighted by molar-refractivity contribution is -0.140. The summed E-state index contributed by atoms with van der Waals surface area (Å²) < 4.78 is 38.1. The molecule has 1 aliphatic rings. The molecule has 0 saturated carbocycles. The Balaban J connectivity index is 2.07. The van der Waals surface area contributed by atoms with Crippen molar-refractivity contribution in [2.75, 3.05) is 40.0 Å². The number of hydrogen-bond acceptors (Lipinski definition) is 7. The minimum atomic E-state index is -3.87. The molecule has 0 aromatic heterocycles. The number of methoxy groups -OCH3 is 1. The van der Waals surface area contributed by atoms with E-state index in [1.165, 1.54) is 23.5 Å². The quantitative estimate of drug-likeness (QED) is 0.369. The van der Waals surface area contributed by atoms with Gasteiger partial charge in [0.15, 0.2) is 0 Å². The molecule has 0 spiro atoms. The number of sulfonamides is 1. The Hall–Kier alpha value is -2.21. The molecule has 2 rings (SSSR count). The number of hydrogen-bond donors (Lipinski definition) is 3. The summed E-state index contributed by atoms with van der Waals surface area (Å²) in [7, 11) is -2.36. The normalized spacial score (nSPS) is 17.6. The average Bonchev–Trinajstić information content (AvgIpc) is 2.72. The van der Waals surface area contributed by atoms with Gasteiger partial charge in [0.1, 0.15) is 12.0 Å². The van der Waals surface area contributed by atoms with Crippen LogP contribution in [0.25, 0.3) is 0 Å². The summed E-state index contributed by atoms with van der Waals surface area (Å²) in [5.41, 5.74) is 0.677. The van der Waals surface area contributed by atoms with E-state index in [-0.39, 0.29) is 31.1 Å². The zero-order valence-electron chi connectivity index (χ0n) is 16.5. The molecule has 0 unspecified atom stereocenters. The number of carbonyl (C=O) groups excluding carboxylic acids is 2. The number of benzene rings is 1. The van der Waals surface area contributed by atoms with Gasteiger partial charge in [0.2, 0.25) is 10.0 Å². The lowest BCUT2D eigenvalue weighted by Gasteiger charge is -2.34. The fourth-order valence-corrected chi connectivity index (χ4v) is 4.52. The standard InChI is InChI=1S/C18H27N3O7S/c1-13-11-14(5-6-15(13)27-2)29(25,26)21-8-4-10-28-16(21)12-20-18(24)17(23)19-7-3-9-22/h5-6,11,16,22H,3-4,7-10,12H2,1-2H3,(H,19,23)(H,20,24)/t16-/m0/s1. The number of carbonyl (C=O) groups is 2. The van der Waals surface area contributed by atoms with Crippen LogP contribution < -0.4 is 15.4 Å². The highest BCUT2D eigenvalue weighted by atomic mass is 32.2. The number of nitrogens with zero attached hydrogens (tertiary/aromatic N) is 1. The molecule has 0 aliphatic carbocycles. The Morgan fingerprint density at radius 1 is 1.31 bits per heavy atom. The topological polar surface area (TPSA) is 134 Å². The van der Waals surface area contributed by atoms with Crippen LogP contribution in [0.5, 0.6) is 5.75 Å². The predicted molar refractivity (Wildman–Crippen MR) is 104 cm³/mol. The molecule has 1 heterocycles. The van der Waals surface area contributed by atoms with Crippen LogP contribution in [0, 0.1) is 6.92 Å². The Bertz CT molecular complexity index is 829. The average molecular weight is 429 g/mol. The summed E-state index contributed by atoms with van der Waals surface area (Å²) in [5, 5.41) is 13.5. The summed E-state index contributed by atoms with van der Waals surface area (Å²) in [6.07, 6.45) is -0.0799. The molecule has 1 aromatic carbocycles. The number of nitrogens with one attached hydrogen (secondary N) is 2. The second-order valence-corrected chi connectivity index (χ2v) is 8.36. The second kappa shape index (κ2) is 10.5. The Labute approximate surface area is 170 Å². The lowest BCUT2D eigenvalue weighted by atomic mass is 10.2. The molecular weight excluding hydrogens is 402 g/mol. The van der Waals surface area contributed by atoms with E-state index in [4.69, 9.17) is 14.6 Å². The Morgan fingerprint density at radius 2 is 2.03 bits per heavy atom. The minimum Gasteiger partial charge on any atom is -0.496 e. The van der Waals surface area contributed by atoms with Crippen molar-refractivity contribution in [2.45, 2.75) is 30.9 Å². The Kier molecular flexibility index (Phi) is 8.38. The molecule has 0 radical (unpaired) electrons. The van der Waals surface area contributed by atoms with Crippen molar-refractivity contribution in [3.05, 3.63) is 23.8 Å². The molecular formula is C18H27N3O7S. The number of rotatable bonds is 8. The summed E-state index contributed by atoms with van der Waals surface area (Å²) in [4.78, 5) is 23.7. The first-order valence-electron chi connectivity index (χ1n) is 9.26. The van der Waals surface area contributed by atoms with E-state index in [1.807, 2.05) is 0 Å². The van der Waals surface area contributed by atoms with Gasteiger partial charge in [-0.15, -0.1) is 0 Å². The maximum absolute atomic E-state index is 13.1. The Morgan fingerprint density at radius 3 is 2.69 bits per heavy atom. The fraction of sp³-hybridized carbons (Fsp3) is 0.556. The molecule has 1 aromatic rings. The zero-order valence-corrected chi connectivity index (χ0v) is 17.3. The summed E-state index contributed by atoms with van der Waals surface area (Å²) >= 11 is 0. The van der Waals surface area contributed by atoms with Crippen LogP contribution >= 0.6 is 0 Å². The molecule has 0 bridgehead atoms. The highest BCUT2D eigenvalue weighted by Crippen LogP contribution is 2.26. The van der Waals surface area contributed by atoms with Gasteiger partial charge in [0.05, 0.1) is 25.2 Å². The summed E-state index contributed by atoms with van der Waals surface area (Å²) in [6.45, 7) is 2.22. The highest BCUT2D eigenvalue weighted by molar-refractivity contribution is 7.89. The highest BCUT2D eigenvalue weighted by Gasteiger charge is 2.35. The molecule has 1 aliphatic heterocycles. The maximum Gasteiger partial charge on any atom is 0.309 e. The third-order valence-corrected chi connectivity index (χ3v) is 6.28. The van der Waals surface area contributed by atoms with E-state index in [1.54, 1.807) is 13.0 Å². The van der Waals surface area contributed by atoms with Gasteiger partial charge < -0.3 is 25.2 Å². The zero-order chi connectivity index (χ0) is 21.4. The first kappa shape index (κ1) is 23.1. The largest absolute Gasteiger partial charge is 0.496 e. The monoisotopic (exact) mass is 429 g/mol. The van der Waals surface area contributed by atoms with Crippen molar-refractivity contribution >= 4 is 21.8 Å². The van der Waals surface area contributed by atoms with Gasteiger partial charge in [-0.25, -0.2) is 8.42 Å². The van der Waals surface area contributed by atoms with Crippen molar-refractivity contribution < 1.29 is 32.6 Å². The van der Waals surface area contributed by atoms with Gasteiger partial charge in [0.25, 0.3) is 0 Å². The second-order valence-electron chi connectivity index (χ2n) is 6.47. The van der Waals surface area contributed by atoms with Gasteiger partial charge in [-0.05, 0) is 43.5 Å². The molecule has 11 heteroatoms. The van der Waals surface area contributed by atoms with Crippen LogP contribution in [0.15, 0.2) is 23.1 Å². The van der Waals surface area contributed by atoms with Crippen LogP contribution in [-0.2, 0) is 24.3 Å². The van der Waals surface area contributed by atoms with Gasteiger partial charge in [-0.2, -0.15) is 4.31 Å². The van der Waals surface area contributed by atoms with Gasteiger partial charge >= 0.3 is 11.8 Å². The molecule has 3 N–H and O–H groups in total. The minimum absolute atomic E-state index is 0.0966. The van der Waals surface area contributed by atoms with Gasteiger partial charge in [-0.1, -0.05) is 0 Å².